The van der Waals surface area contributed by atoms with Crippen molar-refractivity contribution < 1.29 is 9.59 Å². The summed E-state index contributed by atoms with van der Waals surface area (Å²) in [5.74, 6) is -0.730. The Hall–Kier alpha value is -2.01. The maximum absolute atomic E-state index is 12.0. The van der Waals surface area contributed by atoms with Gasteiger partial charge in [-0.05, 0) is 26.1 Å². The van der Waals surface area contributed by atoms with Crippen molar-refractivity contribution in [2.24, 2.45) is 5.10 Å². The number of hydrogen-bond donors (Lipinski definition) is 1. The standard InChI is InChI=1S/C12H13N3O2/c1-8-10(13-2)12(17)15(14-8)11(16)9-6-4-3-5-7-9/h3-7,10,13H,1-2H3. The van der Waals surface area contributed by atoms with Crippen molar-refractivity contribution in [3.05, 3.63) is 35.9 Å². The van der Waals surface area contributed by atoms with Crippen molar-refractivity contribution in [2.45, 2.75) is 13.0 Å². The third kappa shape index (κ3) is 1.97. The molecule has 0 aliphatic carbocycles. The van der Waals surface area contributed by atoms with Gasteiger partial charge in [0.2, 0.25) is 0 Å². The Kier molecular flexibility index (Phi) is 3.01. The number of hydrogen-bond acceptors (Lipinski definition) is 4. The van der Waals surface area contributed by atoms with Crippen molar-refractivity contribution in [3.63, 3.8) is 0 Å². The molecule has 1 atom stereocenters. The fraction of sp³-hybridized carbons (Fsp3) is 0.250. The molecule has 17 heavy (non-hydrogen) atoms. The quantitative estimate of drug-likeness (QED) is 0.759. The molecule has 0 radical (unpaired) electrons. The van der Waals surface area contributed by atoms with Crippen LogP contribution in [0.25, 0.3) is 0 Å². The van der Waals surface area contributed by atoms with Gasteiger partial charge in [0.25, 0.3) is 11.8 Å². The lowest BCUT2D eigenvalue weighted by Crippen LogP contribution is -2.42. The number of carbonyl (C=O) groups excluding carboxylic acids is 2. The average Bonchev–Trinajstić information content (AvgIpc) is 2.64. The largest absolute Gasteiger partial charge is 0.304 e. The summed E-state index contributed by atoms with van der Waals surface area (Å²) in [6.45, 7) is 1.72. The zero-order valence-corrected chi connectivity index (χ0v) is 9.68. The van der Waals surface area contributed by atoms with Crippen LogP contribution < -0.4 is 5.32 Å². The first kappa shape index (κ1) is 11.5. The van der Waals surface area contributed by atoms with Crippen LogP contribution in [-0.2, 0) is 4.79 Å². The Morgan fingerprint density at radius 1 is 1.35 bits per heavy atom. The predicted molar refractivity (Wildman–Crippen MR) is 63.6 cm³/mol. The van der Waals surface area contributed by atoms with Crippen LogP contribution in [0, 0.1) is 0 Å². The lowest BCUT2D eigenvalue weighted by atomic mass is 10.2. The summed E-state index contributed by atoms with van der Waals surface area (Å²) in [5.41, 5.74) is 1.05. The van der Waals surface area contributed by atoms with E-state index in [9.17, 15) is 9.59 Å². The van der Waals surface area contributed by atoms with E-state index in [4.69, 9.17) is 0 Å². The number of rotatable bonds is 2. The van der Waals surface area contributed by atoms with Crippen LogP contribution in [-0.4, -0.2) is 35.6 Å². The third-order valence-electron chi connectivity index (χ3n) is 2.63. The van der Waals surface area contributed by atoms with Crippen molar-refractivity contribution >= 4 is 17.5 Å². The van der Waals surface area contributed by atoms with Crippen molar-refractivity contribution in [3.8, 4) is 0 Å². The summed E-state index contributed by atoms with van der Waals surface area (Å²) in [4.78, 5) is 23.9. The molecule has 0 bridgehead atoms. The second-order valence-corrected chi connectivity index (χ2v) is 3.78. The highest BCUT2D eigenvalue weighted by Gasteiger charge is 2.36. The number of nitrogens with one attached hydrogen (secondary N) is 1. The minimum absolute atomic E-state index is 0.334. The summed E-state index contributed by atoms with van der Waals surface area (Å²) in [6, 6.07) is 8.14. The Bertz CT molecular complexity index is 482. The predicted octanol–water partition coefficient (Wildman–Crippen LogP) is 0.633. The molecular formula is C12H13N3O2. The maximum Gasteiger partial charge on any atom is 0.281 e. The van der Waals surface area contributed by atoms with E-state index in [0.29, 0.717) is 11.3 Å². The van der Waals surface area contributed by atoms with Gasteiger partial charge in [0, 0.05) is 5.56 Å². The summed E-state index contributed by atoms with van der Waals surface area (Å²) in [7, 11) is 1.66. The zero-order valence-electron chi connectivity index (χ0n) is 9.68. The van der Waals surface area contributed by atoms with Gasteiger partial charge in [0.15, 0.2) is 0 Å². The third-order valence-corrected chi connectivity index (χ3v) is 2.63. The summed E-state index contributed by atoms with van der Waals surface area (Å²) < 4.78 is 0. The van der Waals surface area contributed by atoms with Gasteiger partial charge in [-0.15, -0.1) is 0 Å². The average molecular weight is 231 g/mol. The molecule has 1 aromatic carbocycles. The highest BCUT2D eigenvalue weighted by molar-refractivity contribution is 6.18. The zero-order chi connectivity index (χ0) is 12.4. The minimum Gasteiger partial charge on any atom is -0.304 e. The van der Waals surface area contributed by atoms with Crippen LogP contribution in [0.2, 0.25) is 0 Å². The van der Waals surface area contributed by atoms with E-state index in [1.165, 1.54) is 0 Å². The highest BCUT2D eigenvalue weighted by Crippen LogP contribution is 2.13. The number of imide groups is 1. The first-order chi connectivity index (χ1) is 8.15. The van der Waals surface area contributed by atoms with Crippen LogP contribution in [0.5, 0.6) is 0 Å². The Balaban J connectivity index is 2.26. The molecule has 5 heteroatoms. The molecule has 1 aliphatic rings. The molecule has 0 saturated heterocycles. The van der Waals surface area contributed by atoms with Crippen molar-refractivity contribution in [1.82, 2.24) is 10.3 Å². The van der Waals surface area contributed by atoms with Gasteiger partial charge in [-0.1, -0.05) is 18.2 Å². The van der Waals surface area contributed by atoms with E-state index in [1.807, 2.05) is 6.07 Å². The molecule has 2 rings (SSSR count). The minimum atomic E-state index is -0.498. The fourth-order valence-corrected chi connectivity index (χ4v) is 1.75. The highest BCUT2D eigenvalue weighted by atomic mass is 16.2. The van der Waals surface area contributed by atoms with E-state index in [1.54, 1.807) is 38.2 Å². The molecule has 1 heterocycles. The molecule has 5 nitrogen and oxygen atoms in total. The Labute approximate surface area is 99.1 Å². The molecule has 88 valence electrons. The molecule has 1 N–H and O–H groups in total. The second-order valence-electron chi connectivity index (χ2n) is 3.78. The topological polar surface area (TPSA) is 61.8 Å². The van der Waals surface area contributed by atoms with Gasteiger partial charge >= 0.3 is 0 Å². The smallest absolute Gasteiger partial charge is 0.281 e. The number of hydrazone groups is 1. The first-order valence-corrected chi connectivity index (χ1v) is 5.31. The molecule has 0 saturated carbocycles. The SMILES string of the molecule is CNC1C(=O)N(C(=O)c2ccccc2)N=C1C. The molecule has 0 spiro atoms. The summed E-state index contributed by atoms with van der Waals surface area (Å²) in [5, 5.41) is 7.73. The fourth-order valence-electron chi connectivity index (χ4n) is 1.75. The number of carbonyl (C=O) groups is 2. The molecule has 0 fully saturated rings. The molecule has 2 amide bonds. The van der Waals surface area contributed by atoms with Crippen LogP contribution >= 0.6 is 0 Å². The molecular weight excluding hydrogens is 218 g/mol. The van der Waals surface area contributed by atoms with E-state index >= 15 is 0 Å². The van der Waals surface area contributed by atoms with Crippen LogP contribution in [0.15, 0.2) is 35.4 Å². The summed E-state index contributed by atoms with van der Waals surface area (Å²) in [6.07, 6.45) is 0. The number of benzene rings is 1. The van der Waals surface area contributed by atoms with Gasteiger partial charge in [-0.2, -0.15) is 10.1 Å². The number of nitrogens with zero attached hydrogens (tertiary/aromatic N) is 2. The Morgan fingerprint density at radius 2 is 2.00 bits per heavy atom. The number of likely N-dealkylation sites (N-methyl/N-ethyl adjacent to an activating group) is 1. The maximum atomic E-state index is 12.0. The van der Waals surface area contributed by atoms with E-state index < -0.39 is 11.9 Å². The normalized spacial score (nSPS) is 19.4. The lowest BCUT2D eigenvalue weighted by Gasteiger charge is -2.11. The van der Waals surface area contributed by atoms with Gasteiger partial charge in [0.05, 0.1) is 5.71 Å². The molecule has 1 aliphatic heterocycles. The van der Waals surface area contributed by atoms with Gasteiger partial charge in [-0.25, -0.2) is 0 Å². The lowest BCUT2D eigenvalue weighted by molar-refractivity contribution is -0.127. The van der Waals surface area contributed by atoms with E-state index in [-0.39, 0.29) is 5.91 Å². The van der Waals surface area contributed by atoms with Crippen LogP contribution in [0.4, 0.5) is 0 Å². The van der Waals surface area contributed by atoms with Crippen molar-refractivity contribution in [2.75, 3.05) is 7.05 Å². The monoisotopic (exact) mass is 231 g/mol. The number of amides is 2. The summed E-state index contributed by atoms with van der Waals surface area (Å²) >= 11 is 0. The molecule has 1 aromatic rings. The first-order valence-electron chi connectivity index (χ1n) is 5.31. The van der Waals surface area contributed by atoms with Crippen LogP contribution in [0.3, 0.4) is 0 Å². The molecule has 0 aromatic heterocycles. The van der Waals surface area contributed by atoms with Crippen molar-refractivity contribution in [1.29, 1.82) is 0 Å². The Morgan fingerprint density at radius 3 is 2.53 bits per heavy atom. The van der Waals surface area contributed by atoms with Gasteiger partial charge in [0.1, 0.15) is 6.04 Å². The molecule has 1 unspecified atom stereocenters. The van der Waals surface area contributed by atoms with Crippen LogP contribution in [0.1, 0.15) is 17.3 Å². The van der Waals surface area contributed by atoms with E-state index in [0.717, 1.165) is 5.01 Å². The second kappa shape index (κ2) is 4.47. The van der Waals surface area contributed by atoms with Gasteiger partial charge < -0.3 is 5.32 Å². The van der Waals surface area contributed by atoms with E-state index in [2.05, 4.69) is 10.4 Å². The van der Waals surface area contributed by atoms with Gasteiger partial charge in [-0.3, -0.25) is 9.59 Å².